The number of ether oxygens (including phenoxy) is 2. The molecule has 6 aliphatic heterocycles. The number of fused-ring (bicyclic) bond motifs is 4. The Morgan fingerprint density at radius 3 is 2.25 bits per heavy atom. The molecule has 3 saturated carbocycles. The van der Waals surface area contributed by atoms with Crippen LogP contribution in [-0.2, 0) is 14.3 Å². The van der Waals surface area contributed by atoms with E-state index in [0.717, 1.165) is 88.8 Å². The highest BCUT2D eigenvalue weighted by atomic mass is 32.2. The van der Waals surface area contributed by atoms with Crippen molar-refractivity contribution >= 4 is 23.4 Å². The van der Waals surface area contributed by atoms with Crippen LogP contribution in [-0.4, -0.2) is 131 Å². The third kappa shape index (κ3) is 8.35. The average Bonchev–Trinajstić information content (AvgIpc) is 3.98. The van der Waals surface area contributed by atoms with Gasteiger partial charge in [-0.05, 0) is 115 Å². The SMILES string of the molecule is COC1CC(OC2CCC(NC(=O)C3CCC(N4C[C@H]5CN(C6CCC(C7=N[C@@H](C)C8NNC(C)N8C8SC(C)C(C)C78)CC6)C[C@H]5C4)NN3)CC2)CCC1C#N. The molecule has 13 nitrogen and oxygen atoms in total. The van der Waals surface area contributed by atoms with Crippen molar-refractivity contribution in [3.63, 3.8) is 0 Å². The Hall–Kier alpha value is -1.38. The third-order valence-corrected chi connectivity index (χ3v) is 18.0. The summed E-state index contributed by atoms with van der Waals surface area (Å²) in [5, 5.41) is 13.9. The predicted octanol–water partition coefficient (Wildman–Crippen LogP) is 3.78. The fourth-order valence-electron chi connectivity index (χ4n) is 12.8. The molecular formula is C43H72N10O3S. The largest absolute Gasteiger partial charge is 0.380 e. The molecule has 0 spiro atoms. The molecule has 0 aromatic carbocycles. The normalized spacial score (nSPS) is 48.4. The first-order valence-corrected chi connectivity index (χ1v) is 24.0. The lowest BCUT2D eigenvalue weighted by atomic mass is 9.75. The van der Waals surface area contributed by atoms with Crippen LogP contribution in [0.1, 0.15) is 111 Å². The molecule has 5 N–H and O–H groups in total. The molecule has 9 rings (SSSR count). The minimum Gasteiger partial charge on any atom is -0.380 e. The fraction of sp³-hybridized carbons (Fsp3) is 0.930. The quantitative estimate of drug-likeness (QED) is 0.244. The van der Waals surface area contributed by atoms with E-state index < -0.39 is 0 Å². The van der Waals surface area contributed by atoms with Crippen LogP contribution in [0.2, 0.25) is 0 Å². The average molecular weight is 809 g/mol. The summed E-state index contributed by atoms with van der Waals surface area (Å²) in [5.41, 5.74) is 15.7. The van der Waals surface area contributed by atoms with Crippen LogP contribution in [0.25, 0.3) is 0 Å². The van der Waals surface area contributed by atoms with E-state index in [1.807, 2.05) is 0 Å². The van der Waals surface area contributed by atoms with E-state index in [1.54, 1.807) is 12.8 Å². The van der Waals surface area contributed by atoms with Crippen LogP contribution in [0.5, 0.6) is 0 Å². The maximum atomic E-state index is 13.3. The Morgan fingerprint density at radius 1 is 0.842 bits per heavy atom. The summed E-state index contributed by atoms with van der Waals surface area (Å²) < 4.78 is 12.1. The summed E-state index contributed by atoms with van der Waals surface area (Å²) in [6.07, 6.45) is 14.8. The first kappa shape index (κ1) is 41.0. The molecule has 8 fully saturated rings. The van der Waals surface area contributed by atoms with Crippen molar-refractivity contribution in [2.75, 3.05) is 33.3 Å². The van der Waals surface area contributed by atoms with Gasteiger partial charge in [-0.2, -0.15) is 5.26 Å². The van der Waals surface area contributed by atoms with Gasteiger partial charge in [0.25, 0.3) is 0 Å². The van der Waals surface area contributed by atoms with Crippen LogP contribution in [0.3, 0.4) is 0 Å². The molecular weight excluding hydrogens is 737 g/mol. The molecule has 0 radical (unpaired) electrons. The number of hydrogen-bond donors (Lipinski definition) is 5. The van der Waals surface area contributed by atoms with Crippen LogP contribution < -0.4 is 27.0 Å². The van der Waals surface area contributed by atoms with Crippen molar-refractivity contribution in [3.8, 4) is 6.07 Å². The number of aliphatic imine (C=N–C) groups is 1. The van der Waals surface area contributed by atoms with E-state index in [0.29, 0.717) is 40.7 Å². The second-order valence-electron chi connectivity index (χ2n) is 19.7. The lowest BCUT2D eigenvalue weighted by Crippen LogP contribution is -2.62. The van der Waals surface area contributed by atoms with Gasteiger partial charge in [0.2, 0.25) is 5.91 Å². The Balaban J connectivity index is 0.687. The Labute approximate surface area is 346 Å². The highest BCUT2D eigenvalue weighted by molar-refractivity contribution is 8.00. The Bertz CT molecular complexity index is 1460. The van der Waals surface area contributed by atoms with Crippen LogP contribution in [0.15, 0.2) is 4.99 Å². The van der Waals surface area contributed by atoms with Gasteiger partial charge < -0.3 is 14.8 Å². The zero-order chi connectivity index (χ0) is 39.4. The zero-order valence-electron chi connectivity index (χ0n) is 35.3. The predicted molar refractivity (Wildman–Crippen MR) is 224 cm³/mol. The van der Waals surface area contributed by atoms with Crippen molar-refractivity contribution in [2.24, 2.45) is 40.5 Å². The molecule has 11 unspecified atom stereocenters. The second-order valence-corrected chi connectivity index (χ2v) is 21.2. The summed E-state index contributed by atoms with van der Waals surface area (Å²) in [7, 11) is 1.70. The van der Waals surface area contributed by atoms with Gasteiger partial charge in [-0.1, -0.05) is 13.8 Å². The number of likely N-dealkylation sites (tertiary alicyclic amines) is 2. The van der Waals surface area contributed by atoms with Gasteiger partial charge in [0, 0.05) is 68.7 Å². The van der Waals surface area contributed by atoms with Crippen molar-refractivity contribution in [2.45, 2.75) is 183 Å². The molecule has 14 heteroatoms. The molecule has 318 valence electrons. The summed E-state index contributed by atoms with van der Waals surface area (Å²) in [6.45, 7) is 14.4. The standard InChI is InChI=1S/C43H72N10O3S/c1-24-26(3)57-43-39(24)40(45-25(2)41-50-47-27(4)53(41)43)28-6-11-33(12-7-28)51-20-30-22-52(23-31(30)21-51)38-17-16-36(48-49-38)42(54)46-32-9-14-34(15-10-32)56-35-13-8-29(19-44)37(18-35)55-5/h24-39,41,43,47-50H,6-18,20-23H2,1-5H3,(H,46,54)/t24?,25-,26?,27?,28?,29?,30-,31+,32?,33?,34?,35?,36?,37?,38?,39?,41?,43?/m0/s1. The van der Waals surface area contributed by atoms with Gasteiger partial charge >= 0.3 is 0 Å². The Morgan fingerprint density at radius 2 is 1.56 bits per heavy atom. The number of methoxy groups -OCH3 is 1. The highest BCUT2D eigenvalue weighted by Crippen LogP contribution is 2.50. The number of carbonyl (C=O) groups excluding carboxylic acids is 1. The van der Waals surface area contributed by atoms with Gasteiger partial charge in [0.15, 0.2) is 0 Å². The maximum Gasteiger partial charge on any atom is 0.238 e. The second kappa shape index (κ2) is 17.5. The number of amides is 1. The minimum absolute atomic E-state index is 0.0232. The number of hydrogen-bond acceptors (Lipinski definition) is 13. The number of nitriles is 1. The van der Waals surface area contributed by atoms with E-state index >= 15 is 0 Å². The number of thioether (sulfide) groups is 1. The number of carbonyl (C=O) groups is 1. The molecule has 6 heterocycles. The van der Waals surface area contributed by atoms with E-state index in [2.05, 4.69) is 87.2 Å². The number of hydrazine groups is 2. The van der Waals surface area contributed by atoms with Crippen LogP contribution >= 0.6 is 11.8 Å². The van der Waals surface area contributed by atoms with E-state index in [4.69, 9.17) is 14.5 Å². The minimum atomic E-state index is -0.185. The highest BCUT2D eigenvalue weighted by Gasteiger charge is 2.54. The molecule has 14 atom stereocenters. The fourth-order valence-corrected chi connectivity index (χ4v) is 14.7. The topological polar surface area (TPSA) is 142 Å². The van der Waals surface area contributed by atoms with Crippen molar-refractivity contribution in [3.05, 3.63) is 0 Å². The number of nitrogens with one attached hydrogen (secondary N) is 5. The molecule has 9 aliphatic rings. The lowest BCUT2D eigenvalue weighted by Gasteiger charge is -2.39. The van der Waals surface area contributed by atoms with Crippen LogP contribution in [0, 0.1) is 46.8 Å². The van der Waals surface area contributed by atoms with Crippen molar-refractivity contribution < 1.29 is 14.3 Å². The summed E-state index contributed by atoms with van der Waals surface area (Å²) >= 11 is 2.19. The van der Waals surface area contributed by atoms with E-state index in [1.165, 1.54) is 38.8 Å². The van der Waals surface area contributed by atoms with Crippen molar-refractivity contribution in [1.82, 2.24) is 41.7 Å². The molecule has 57 heavy (non-hydrogen) atoms. The maximum absolute atomic E-state index is 13.3. The summed E-state index contributed by atoms with van der Waals surface area (Å²) in [6, 6.07) is 3.41. The zero-order valence-corrected chi connectivity index (χ0v) is 36.1. The van der Waals surface area contributed by atoms with Gasteiger partial charge in [-0.15, -0.1) is 11.8 Å². The molecule has 3 aliphatic carbocycles. The number of nitrogens with zero attached hydrogens (tertiary/aromatic N) is 5. The lowest BCUT2D eigenvalue weighted by molar-refractivity contribution is -0.126. The van der Waals surface area contributed by atoms with E-state index in [9.17, 15) is 10.1 Å². The van der Waals surface area contributed by atoms with Gasteiger partial charge in [0.05, 0.1) is 60.2 Å². The first-order valence-electron chi connectivity index (χ1n) is 23.1. The first-order chi connectivity index (χ1) is 27.7. The molecule has 1 amide bonds. The summed E-state index contributed by atoms with van der Waals surface area (Å²) in [5.74, 6) is 3.45. The van der Waals surface area contributed by atoms with Crippen molar-refractivity contribution in [1.29, 1.82) is 5.26 Å². The molecule has 0 bridgehead atoms. The van der Waals surface area contributed by atoms with Crippen LogP contribution in [0.4, 0.5) is 0 Å². The van der Waals surface area contributed by atoms with Gasteiger partial charge in [0.1, 0.15) is 6.04 Å². The van der Waals surface area contributed by atoms with Gasteiger partial charge in [-0.3, -0.25) is 24.5 Å². The molecule has 0 aromatic rings. The van der Waals surface area contributed by atoms with E-state index in [-0.39, 0.29) is 54.4 Å². The Kier molecular flexibility index (Phi) is 12.6. The molecule has 0 aromatic heterocycles. The third-order valence-electron chi connectivity index (χ3n) is 16.3. The monoisotopic (exact) mass is 809 g/mol. The smallest absolute Gasteiger partial charge is 0.238 e. The number of rotatable bonds is 8. The van der Waals surface area contributed by atoms with Gasteiger partial charge in [-0.25, -0.2) is 21.7 Å². The summed E-state index contributed by atoms with van der Waals surface area (Å²) in [4.78, 5) is 27.1. The molecule has 5 saturated heterocycles.